The highest BCUT2D eigenvalue weighted by atomic mass is 79.9. The zero-order valence-corrected chi connectivity index (χ0v) is 16.7. The fraction of sp³-hybridized carbons (Fsp3) is 0.579. The number of fused-ring (bicyclic) bond motifs is 1. The molecule has 1 saturated heterocycles. The van der Waals surface area contributed by atoms with Crippen LogP contribution in [0.4, 0.5) is 0 Å². The second kappa shape index (κ2) is 8.39. The summed E-state index contributed by atoms with van der Waals surface area (Å²) in [5, 5.41) is 6.22. The minimum Gasteiger partial charge on any atom is -0.497 e. The summed E-state index contributed by atoms with van der Waals surface area (Å²) in [5.41, 5.74) is 0.552. The Morgan fingerprint density at radius 3 is 2.88 bits per heavy atom. The number of hydrogen-bond acceptors (Lipinski definition) is 4. The molecule has 3 rings (SSSR count). The zero-order valence-electron chi connectivity index (χ0n) is 15.1. The average Bonchev–Trinajstić information content (AvgIpc) is 2.62. The van der Waals surface area contributed by atoms with E-state index in [4.69, 9.17) is 9.47 Å². The highest BCUT2D eigenvalue weighted by molar-refractivity contribution is 9.10. The average molecular weight is 425 g/mol. The van der Waals surface area contributed by atoms with Gasteiger partial charge in [0, 0.05) is 36.7 Å². The SMILES string of the molecule is COCC1CC(=O)NC2CC(NC(=O)c3cc(OC)ccc3Br)CCC12. The molecule has 1 aliphatic heterocycles. The highest BCUT2D eigenvalue weighted by Crippen LogP contribution is 2.35. The Balaban J connectivity index is 1.65. The highest BCUT2D eigenvalue weighted by Gasteiger charge is 2.41. The fourth-order valence-electron chi connectivity index (χ4n) is 4.18. The lowest BCUT2D eigenvalue weighted by Crippen LogP contribution is -2.56. The van der Waals surface area contributed by atoms with Crippen LogP contribution < -0.4 is 15.4 Å². The van der Waals surface area contributed by atoms with Crippen LogP contribution in [0.15, 0.2) is 22.7 Å². The Morgan fingerprint density at radius 2 is 2.15 bits per heavy atom. The molecule has 4 atom stereocenters. The topological polar surface area (TPSA) is 76.7 Å². The first-order chi connectivity index (χ1) is 12.5. The maximum absolute atomic E-state index is 12.7. The number of benzene rings is 1. The summed E-state index contributed by atoms with van der Waals surface area (Å²) in [7, 11) is 3.26. The quantitative estimate of drug-likeness (QED) is 0.760. The molecule has 7 heteroatoms. The molecule has 142 valence electrons. The molecule has 0 spiro atoms. The van der Waals surface area contributed by atoms with Gasteiger partial charge in [-0.1, -0.05) is 0 Å². The van der Waals surface area contributed by atoms with Gasteiger partial charge < -0.3 is 20.1 Å². The normalized spacial score (nSPS) is 28.0. The van der Waals surface area contributed by atoms with E-state index in [0.717, 1.165) is 23.7 Å². The number of halogens is 1. The van der Waals surface area contributed by atoms with E-state index in [0.29, 0.717) is 30.3 Å². The Morgan fingerprint density at radius 1 is 1.35 bits per heavy atom. The van der Waals surface area contributed by atoms with Crippen LogP contribution in [-0.4, -0.2) is 44.7 Å². The number of hydrogen-bond donors (Lipinski definition) is 2. The second-order valence-electron chi connectivity index (χ2n) is 7.09. The lowest BCUT2D eigenvalue weighted by Gasteiger charge is -2.43. The molecule has 0 aromatic heterocycles. The molecule has 2 N–H and O–H groups in total. The third-order valence-corrected chi connectivity index (χ3v) is 6.13. The van der Waals surface area contributed by atoms with Crippen molar-refractivity contribution in [3.63, 3.8) is 0 Å². The molecule has 1 saturated carbocycles. The van der Waals surface area contributed by atoms with Crippen LogP contribution in [0, 0.1) is 11.8 Å². The number of amides is 2. The van der Waals surface area contributed by atoms with Crippen molar-refractivity contribution in [2.75, 3.05) is 20.8 Å². The Bertz CT molecular complexity index is 682. The number of methoxy groups -OCH3 is 2. The molecule has 26 heavy (non-hydrogen) atoms. The van der Waals surface area contributed by atoms with Gasteiger partial charge in [0.15, 0.2) is 0 Å². The Kier molecular flexibility index (Phi) is 6.19. The maximum Gasteiger partial charge on any atom is 0.252 e. The molecule has 0 radical (unpaired) electrons. The summed E-state index contributed by atoms with van der Waals surface area (Å²) in [4.78, 5) is 24.7. The van der Waals surface area contributed by atoms with Crippen LogP contribution >= 0.6 is 15.9 Å². The van der Waals surface area contributed by atoms with Gasteiger partial charge in [0.25, 0.3) is 5.91 Å². The predicted molar refractivity (Wildman–Crippen MR) is 101 cm³/mol. The van der Waals surface area contributed by atoms with Crippen LogP contribution in [0.3, 0.4) is 0 Å². The molecule has 2 fully saturated rings. The monoisotopic (exact) mass is 424 g/mol. The summed E-state index contributed by atoms with van der Waals surface area (Å²) < 4.78 is 11.2. The van der Waals surface area contributed by atoms with E-state index < -0.39 is 0 Å². The van der Waals surface area contributed by atoms with Gasteiger partial charge in [0.2, 0.25) is 5.91 Å². The third kappa shape index (κ3) is 4.20. The van der Waals surface area contributed by atoms with E-state index in [1.807, 2.05) is 0 Å². The minimum absolute atomic E-state index is 0.0449. The van der Waals surface area contributed by atoms with Gasteiger partial charge in [-0.05, 0) is 65.2 Å². The summed E-state index contributed by atoms with van der Waals surface area (Å²) in [6.45, 7) is 0.613. The van der Waals surface area contributed by atoms with Crippen LogP contribution in [0.25, 0.3) is 0 Å². The summed E-state index contributed by atoms with van der Waals surface area (Å²) in [6.07, 6.45) is 3.17. The van der Waals surface area contributed by atoms with E-state index in [2.05, 4.69) is 26.6 Å². The smallest absolute Gasteiger partial charge is 0.252 e. The molecule has 1 heterocycles. The predicted octanol–water partition coefficient (Wildman–Crippen LogP) is 2.51. The van der Waals surface area contributed by atoms with E-state index >= 15 is 0 Å². The van der Waals surface area contributed by atoms with Crippen molar-refractivity contribution in [1.29, 1.82) is 0 Å². The number of rotatable bonds is 5. The molecular formula is C19H25BrN2O4. The third-order valence-electron chi connectivity index (χ3n) is 5.44. The summed E-state index contributed by atoms with van der Waals surface area (Å²) in [5.74, 6) is 1.28. The van der Waals surface area contributed by atoms with Gasteiger partial charge in [-0.15, -0.1) is 0 Å². The van der Waals surface area contributed by atoms with E-state index in [1.54, 1.807) is 32.4 Å². The van der Waals surface area contributed by atoms with Crippen molar-refractivity contribution < 1.29 is 19.1 Å². The van der Waals surface area contributed by atoms with Gasteiger partial charge in [-0.3, -0.25) is 9.59 Å². The van der Waals surface area contributed by atoms with E-state index in [1.165, 1.54) is 0 Å². The van der Waals surface area contributed by atoms with E-state index in [-0.39, 0.29) is 29.8 Å². The lowest BCUT2D eigenvalue weighted by atomic mass is 9.71. The summed E-state index contributed by atoms with van der Waals surface area (Å²) >= 11 is 3.43. The van der Waals surface area contributed by atoms with Crippen LogP contribution in [-0.2, 0) is 9.53 Å². The van der Waals surface area contributed by atoms with Crippen molar-refractivity contribution in [3.05, 3.63) is 28.2 Å². The molecule has 1 aliphatic carbocycles. The Hall–Kier alpha value is -1.60. The van der Waals surface area contributed by atoms with Crippen molar-refractivity contribution >= 4 is 27.7 Å². The van der Waals surface area contributed by atoms with Crippen LogP contribution in [0.1, 0.15) is 36.0 Å². The largest absolute Gasteiger partial charge is 0.497 e. The number of carbonyl (C=O) groups excluding carboxylic acids is 2. The molecule has 2 aliphatic rings. The van der Waals surface area contributed by atoms with Crippen molar-refractivity contribution in [1.82, 2.24) is 10.6 Å². The van der Waals surface area contributed by atoms with Gasteiger partial charge in [-0.2, -0.15) is 0 Å². The van der Waals surface area contributed by atoms with Crippen LogP contribution in [0.5, 0.6) is 5.75 Å². The lowest BCUT2D eigenvalue weighted by molar-refractivity contribution is -0.128. The minimum atomic E-state index is -0.130. The van der Waals surface area contributed by atoms with Gasteiger partial charge in [0.05, 0.1) is 12.7 Å². The zero-order chi connectivity index (χ0) is 18.7. The molecular weight excluding hydrogens is 400 g/mol. The first-order valence-electron chi connectivity index (χ1n) is 8.94. The van der Waals surface area contributed by atoms with Gasteiger partial charge in [-0.25, -0.2) is 0 Å². The maximum atomic E-state index is 12.7. The molecule has 0 bridgehead atoms. The molecule has 6 nitrogen and oxygen atoms in total. The number of carbonyl (C=O) groups is 2. The molecule has 1 aromatic carbocycles. The van der Waals surface area contributed by atoms with Gasteiger partial charge >= 0.3 is 0 Å². The molecule has 4 unspecified atom stereocenters. The standard InChI is InChI=1S/C19H25BrN2O4/c1-25-10-11-7-18(23)22-17-8-12(3-5-14(11)17)21-19(24)15-9-13(26-2)4-6-16(15)20/h4,6,9,11-12,14,17H,3,5,7-8,10H2,1-2H3,(H,21,24)(H,22,23). The number of ether oxygens (including phenoxy) is 2. The Labute approximate surface area is 162 Å². The first kappa shape index (κ1) is 19.2. The van der Waals surface area contributed by atoms with Crippen molar-refractivity contribution in [2.45, 2.75) is 37.8 Å². The summed E-state index contributed by atoms with van der Waals surface area (Å²) in [6, 6.07) is 5.48. The van der Waals surface area contributed by atoms with Crippen LogP contribution in [0.2, 0.25) is 0 Å². The molecule has 1 aromatic rings. The van der Waals surface area contributed by atoms with Gasteiger partial charge in [0.1, 0.15) is 5.75 Å². The fourth-order valence-corrected chi connectivity index (χ4v) is 4.60. The first-order valence-corrected chi connectivity index (χ1v) is 9.73. The van der Waals surface area contributed by atoms with E-state index in [9.17, 15) is 9.59 Å². The number of nitrogens with one attached hydrogen (secondary N) is 2. The molecule has 2 amide bonds. The van der Waals surface area contributed by atoms with Crippen molar-refractivity contribution in [3.8, 4) is 5.75 Å². The van der Waals surface area contributed by atoms with Crippen molar-refractivity contribution in [2.24, 2.45) is 11.8 Å². The number of piperidine rings is 1. The second-order valence-corrected chi connectivity index (χ2v) is 7.94.